The van der Waals surface area contributed by atoms with Crippen molar-refractivity contribution in [3.63, 3.8) is 0 Å². The zero-order valence-electron chi connectivity index (χ0n) is 15.0. The van der Waals surface area contributed by atoms with Crippen LogP contribution in [0.2, 0.25) is 0 Å². The first-order chi connectivity index (χ1) is 11.7. The van der Waals surface area contributed by atoms with Crippen molar-refractivity contribution in [2.24, 2.45) is 5.41 Å². The van der Waals surface area contributed by atoms with Gasteiger partial charge in [0, 0.05) is 36.1 Å². The van der Waals surface area contributed by atoms with E-state index in [-0.39, 0.29) is 23.7 Å². The Kier molecular flexibility index (Phi) is 10.3. The molecule has 5 nitrogen and oxygen atoms in total. The highest BCUT2D eigenvalue weighted by molar-refractivity contribution is 7.99. The van der Waals surface area contributed by atoms with Gasteiger partial charge in [0.25, 0.3) is 0 Å². The molecule has 1 fully saturated rings. The van der Waals surface area contributed by atoms with E-state index in [0.717, 1.165) is 42.3 Å². The van der Waals surface area contributed by atoms with Gasteiger partial charge in [-0.25, -0.2) is 0 Å². The maximum absolute atomic E-state index is 12.1. The topological polar surface area (TPSA) is 59.6 Å². The number of amides is 1. The lowest BCUT2D eigenvalue weighted by Gasteiger charge is -2.37. The molecule has 1 aliphatic rings. The van der Waals surface area contributed by atoms with Crippen LogP contribution in [0.1, 0.15) is 19.3 Å². The van der Waals surface area contributed by atoms with Gasteiger partial charge in [0.15, 0.2) is 0 Å². The van der Waals surface area contributed by atoms with Crippen LogP contribution in [0.15, 0.2) is 29.2 Å². The Balaban J connectivity index is 0.00000312. The number of piperidine rings is 1. The Labute approximate surface area is 161 Å². The van der Waals surface area contributed by atoms with Crippen LogP contribution in [0, 0.1) is 5.41 Å². The molecule has 0 unspecified atom stereocenters. The minimum atomic E-state index is 0. The maximum Gasteiger partial charge on any atom is 0.220 e. The van der Waals surface area contributed by atoms with Crippen molar-refractivity contribution in [3.05, 3.63) is 24.3 Å². The number of halogens is 1. The lowest BCUT2D eigenvalue weighted by molar-refractivity contribution is -0.121. The van der Waals surface area contributed by atoms with Gasteiger partial charge in [-0.2, -0.15) is 0 Å². The fraction of sp³-hybridized carbons (Fsp3) is 0.611. The molecule has 0 aliphatic carbocycles. The Hall–Kier alpha value is -0.950. The SMILES string of the molecule is COCC1(CNC(=O)CCSc2ccc(OC)cc2)CCNCC1.Cl. The van der Waals surface area contributed by atoms with E-state index in [1.807, 2.05) is 24.3 Å². The van der Waals surface area contributed by atoms with Crippen LogP contribution in [0.3, 0.4) is 0 Å². The van der Waals surface area contributed by atoms with Crippen molar-refractivity contribution < 1.29 is 14.3 Å². The molecule has 0 atom stereocenters. The minimum Gasteiger partial charge on any atom is -0.497 e. The number of carbonyl (C=O) groups excluding carboxylic acids is 1. The van der Waals surface area contributed by atoms with Crippen molar-refractivity contribution >= 4 is 30.1 Å². The van der Waals surface area contributed by atoms with Crippen molar-refractivity contribution in [2.75, 3.05) is 46.2 Å². The first-order valence-corrected chi connectivity index (χ1v) is 9.39. The van der Waals surface area contributed by atoms with E-state index in [0.29, 0.717) is 19.6 Å². The largest absolute Gasteiger partial charge is 0.497 e. The molecule has 0 radical (unpaired) electrons. The number of hydrogen-bond donors (Lipinski definition) is 2. The predicted molar refractivity (Wildman–Crippen MR) is 105 cm³/mol. The smallest absolute Gasteiger partial charge is 0.220 e. The molecule has 1 aliphatic heterocycles. The zero-order chi connectivity index (χ0) is 17.3. The Bertz CT molecular complexity index is 502. The summed E-state index contributed by atoms with van der Waals surface area (Å²) in [6, 6.07) is 7.91. The molecule has 0 bridgehead atoms. The second-order valence-electron chi connectivity index (χ2n) is 6.23. The van der Waals surface area contributed by atoms with Crippen LogP contribution in [-0.2, 0) is 9.53 Å². The summed E-state index contributed by atoms with van der Waals surface area (Å²) in [7, 11) is 3.39. The van der Waals surface area contributed by atoms with E-state index in [2.05, 4.69) is 10.6 Å². The molecular formula is C18H29ClN2O3S. The summed E-state index contributed by atoms with van der Waals surface area (Å²) in [5, 5.41) is 6.47. The molecule has 7 heteroatoms. The Morgan fingerprint density at radius 3 is 2.52 bits per heavy atom. The highest BCUT2D eigenvalue weighted by Gasteiger charge is 2.32. The fourth-order valence-electron chi connectivity index (χ4n) is 2.94. The number of thioether (sulfide) groups is 1. The number of benzene rings is 1. The third-order valence-electron chi connectivity index (χ3n) is 4.43. The first-order valence-electron chi connectivity index (χ1n) is 8.41. The number of hydrogen-bond acceptors (Lipinski definition) is 5. The van der Waals surface area contributed by atoms with E-state index in [1.165, 1.54) is 0 Å². The summed E-state index contributed by atoms with van der Waals surface area (Å²) in [5.41, 5.74) is 0.0821. The van der Waals surface area contributed by atoms with Crippen LogP contribution in [0.25, 0.3) is 0 Å². The summed E-state index contributed by atoms with van der Waals surface area (Å²) < 4.78 is 10.5. The molecule has 2 N–H and O–H groups in total. The average Bonchev–Trinajstić information content (AvgIpc) is 2.62. The summed E-state index contributed by atoms with van der Waals surface area (Å²) >= 11 is 1.69. The summed E-state index contributed by atoms with van der Waals surface area (Å²) in [4.78, 5) is 13.3. The highest BCUT2D eigenvalue weighted by Crippen LogP contribution is 2.28. The van der Waals surface area contributed by atoms with E-state index in [4.69, 9.17) is 9.47 Å². The molecule has 25 heavy (non-hydrogen) atoms. The van der Waals surface area contributed by atoms with Gasteiger partial charge >= 0.3 is 0 Å². The quantitative estimate of drug-likeness (QED) is 0.637. The minimum absolute atomic E-state index is 0. The monoisotopic (exact) mass is 388 g/mol. The van der Waals surface area contributed by atoms with Gasteiger partial charge in [-0.05, 0) is 50.2 Å². The van der Waals surface area contributed by atoms with Gasteiger partial charge in [-0.1, -0.05) is 0 Å². The van der Waals surface area contributed by atoms with Crippen molar-refractivity contribution in [1.82, 2.24) is 10.6 Å². The van der Waals surface area contributed by atoms with Crippen LogP contribution in [-0.4, -0.2) is 52.1 Å². The number of rotatable bonds is 9. The van der Waals surface area contributed by atoms with E-state index < -0.39 is 0 Å². The van der Waals surface area contributed by atoms with Gasteiger partial charge < -0.3 is 20.1 Å². The van der Waals surface area contributed by atoms with Crippen molar-refractivity contribution in [3.8, 4) is 5.75 Å². The molecule has 1 aromatic carbocycles. The Morgan fingerprint density at radius 1 is 1.24 bits per heavy atom. The normalized spacial score (nSPS) is 15.9. The Morgan fingerprint density at radius 2 is 1.92 bits per heavy atom. The molecule has 0 saturated carbocycles. The molecule has 1 heterocycles. The van der Waals surface area contributed by atoms with Gasteiger partial charge in [0.2, 0.25) is 5.91 Å². The average molecular weight is 389 g/mol. The fourth-order valence-corrected chi connectivity index (χ4v) is 3.80. The van der Waals surface area contributed by atoms with E-state index in [9.17, 15) is 4.79 Å². The number of nitrogens with one attached hydrogen (secondary N) is 2. The zero-order valence-corrected chi connectivity index (χ0v) is 16.6. The molecule has 1 saturated heterocycles. The third-order valence-corrected chi connectivity index (χ3v) is 5.45. The molecular weight excluding hydrogens is 360 g/mol. The van der Waals surface area contributed by atoms with Crippen LogP contribution in [0.5, 0.6) is 5.75 Å². The van der Waals surface area contributed by atoms with Crippen molar-refractivity contribution in [1.29, 1.82) is 0 Å². The number of carbonyl (C=O) groups is 1. The van der Waals surface area contributed by atoms with Crippen LogP contribution in [0.4, 0.5) is 0 Å². The standard InChI is InChI=1S/C18H28N2O3S.ClH/c1-22-14-18(8-10-19-11-9-18)13-20-17(21)7-12-24-16-5-3-15(23-2)4-6-16;/h3-6,19H,7-14H2,1-2H3,(H,20,21);1H. The summed E-state index contributed by atoms with van der Waals surface area (Å²) in [6.45, 7) is 3.39. The van der Waals surface area contributed by atoms with Crippen LogP contribution >= 0.6 is 24.2 Å². The summed E-state index contributed by atoms with van der Waals surface area (Å²) in [5.74, 6) is 1.74. The van der Waals surface area contributed by atoms with Gasteiger partial charge in [0.1, 0.15) is 5.75 Å². The molecule has 1 amide bonds. The van der Waals surface area contributed by atoms with Gasteiger partial charge in [-0.15, -0.1) is 24.2 Å². The molecule has 2 rings (SSSR count). The maximum atomic E-state index is 12.1. The summed E-state index contributed by atoms with van der Waals surface area (Å²) in [6.07, 6.45) is 2.61. The lowest BCUT2D eigenvalue weighted by Crippen LogP contribution is -2.47. The molecule has 142 valence electrons. The molecule has 0 spiro atoms. The second kappa shape index (κ2) is 11.6. The highest BCUT2D eigenvalue weighted by atomic mass is 35.5. The first kappa shape index (κ1) is 22.1. The molecule has 0 aromatic heterocycles. The van der Waals surface area contributed by atoms with Gasteiger partial charge in [-0.3, -0.25) is 4.79 Å². The van der Waals surface area contributed by atoms with E-state index in [1.54, 1.807) is 26.0 Å². The third kappa shape index (κ3) is 7.44. The lowest BCUT2D eigenvalue weighted by atomic mass is 9.79. The molecule has 1 aromatic rings. The predicted octanol–water partition coefficient (Wildman–Crippen LogP) is 2.73. The number of ether oxygens (including phenoxy) is 2. The van der Waals surface area contributed by atoms with Crippen molar-refractivity contribution in [2.45, 2.75) is 24.2 Å². The number of methoxy groups -OCH3 is 2. The van der Waals surface area contributed by atoms with Crippen LogP contribution < -0.4 is 15.4 Å². The van der Waals surface area contributed by atoms with E-state index >= 15 is 0 Å². The van der Waals surface area contributed by atoms with Gasteiger partial charge in [0.05, 0.1) is 13.7 Å². The second-order valence-corrected chi connectivity index (χ2v) is 7.40.